The fourth-order valence-corrected chi connectivity index (χ4v) is 4.45. The number of hydrogen-bond donors (Lipinski definition) is 3. The van der Waals surface area contributed by atoms with Crippen LogP contribution >= 0.6 is 24.2 Å². The molecule has 168 valence electrons. The van der Waals surface area contributed by atoms with Gasteiger partial charge in [0.2, 0.25) is 0 Å². The van der Waals surface area contributed by atoms with Gasteiger partial charge in [-0.05, 0) is 98.5 Å². The molecule has 1 fully saturated rings. The van der Waals surface area contributed by atoms with Gasteiger partial charge in [-0.2, -0.15) is 12.6 Å². The normalized spacial score (nSPS) is 16.2. The molecular weight excluding hydrogens is 433 g/mol. The molecule has 2 aliphatic rings. The van der Waals surface area contributed by atoms with E-state index >= 15 is 0 Å². The molecule has 0 spiro atoms. The Morgan fingerprint density at radius 1 is 1.23 bits per heavy atom. The molecule has 0 unspecified atom stereocenters. The second-order valence-corrected chi connectivity index (χ2v) is 8.41. The number of thiol groups is 1. The van der Waals surface area contributed by atoms with Crippen LogP contribution in [0.5, 0.6) is 0 Å². The zero-order valence-corrected chi connectivity index (χ0v) is 19.6. The zero-order chi connectivity index (χ0) is 22.2. The highest BCUT2D eigenvalue weighted by Gasteiger charge is 2.20. The molecule has 1 saturated heterocycles. The van der Waals surface area contributed by atoms with E-state index in [1.54, 1.807) is 12.3 Å². The monoisotopic (exact) mass is 463 g/mol. The van der Waals surface area contributed by atoms with E-state index in [1.165, 1.54) is 17.7 Å². The molecule has 0 atom stereocenters. The minimum absolute atomic E-state index is 0.00312. The Hall–Kier alpha value is -1.76. The van der Waals surface area contributed by atoms with Crippen molar-refractivity contribution < 1.29 is 9.18 Å². The van der Waals surface area contributed by atoms with Crippen molar-refractivity contribution in [1.29, 1.82) is 0 Å². The summed E-state index contributed by atoms with van der Waals surface area (Å²) in [5.74, 6) is 0.281. The quantitative estimate of drug-likeness (QED) is 0.563. The standard InChI is InChI=1S/C23H27ClFN3O.CH4S/c24-21-5-4-20(25)13-19(21)15-28-11-1-2-17-12-18(3-6-22(17)28)23(29)27-14-16-7-9-26-10-8-16;1-2/h3-6,12-13,16,26H,1-2,7-11,14-15H2,(H,27,29);2H,1H3. The third-order valence-electron chi connectivity index (χ3n) is 5.94. The molecule has 7 heteroatoms. The van der Waals surface area contributed by atoms with Gasteiger partial charge in [-0.3, -0.25) is 4.79 Å². The number of aryl methyl sites for hydroxylation is 1. The molecule has 2 aliphatic heterocycles. The molecule has 4 nitrogen and oxygen atoms in total. The van der Waals surface area contributed by atoms with Crippen molar-refractivity contribution in [3.05, 3.63) is 63.9 Å². The first-order chi connectivity index (χ1) is 15.1. The van der Waals surface area contributed by atoms with Gasteiger partial charge in [-0.15, -0.1) is 0 Å². The third kappa shape index (κ3) is 6.37. The molecular formula is C24H31ClFN3OS. The van der Waals surface area contributed by atoms with Crippen molar-refractivity contribution >= 4 is 35.8 Å². The van der Waals surface area contributed by atoms with Crippen molar-refractivity contribution in [2.24, 2.45) is 5.92 Å². The number of fused-ring (bicyclic) bond motifs is 1. The van der Waals surface area contributed by atoms with E-state index in [0.29, 0.717) is 23.0 Å². The number of carbonyl (C=O) groups is 1. The minimum Gasteiger partial charge on any atom is -0.367 e. The SMILES string of the molecule is CS.O=C(NCC1CCNCC1)c1ccc2c(c1)CCCN2Cc1cc(F)ccc1Cl. The largest absolute Gasteiger partial charge is 0.367 e. The topological polar surface area (TPSA) is 44.4 Å². The lowest BCUT2D eigenvalue weighted by atomic mass is 9.97. The lowest BCUT2D eigenvalue weighted by Gasteiger charge is -2.32. The smallest absolute Gasteiger partial charge is 0.251 e. The fourth-order valence-electron chi connectivity index (χ4n) is 4.28. The molecule has 0 radical (unpaired) electrons. The van der Waals surface area contributed by atoms with Gasteiger partial charge >= 0.3 is 0 Å². The van der Waals surface area contributed by atoms with E-state index in [2.05, 4.69) is 28.2 Å². The van der Waals surface area contributed by atoms with E-state index in [-0.39, 0.29) is 11.7 Å². The fraction of sp³-hybridized carbons (Fsp3) is 0.458. The maximum absolute atomic E-state index is 13.6. The van der Waals surface area contributed by atoms with Gasteiger partial charge in [0.1, 0.15) is 5.82 Å². The van der Waals surface area contributed by atoms with Crippen molar-refractivity contribution in [1.82, 2.24) is 10.6 Å². The Labute approximate surface area is 195 Å². The van der Waals surface area contributed by atoms with E-state index in [1.807, 2.05) is 18.2 Å². The number of amides is 1. The van der Waals surface area contributed by atoms with Crippen LogP contribution in [0.4, 0.5) is 10.1 Å². The van der Waals surface area contributed by atoms with Crippen molar-refractivity contribution in [2.75, 3.05) is 37.3 Å². The van der Waals surface area contributed by atoms with E-state index < -0.39 is 0 Å². The molecule has 2 aromatic carbocycles. The summed E-state index contributed by atoms with van der Waals surface area (Å²) in [6.45, 7) is 4.25. The lowest BCUT2D eigenvalue weighted by molar-refractivity contribution is 0.0944. The van der Waals surface area contributed by atoms with Crippen molar-refractivity contribution in [2.45, 2.75) is 32.2 Å². The summed E-state index contributed by atoms with van der Waals surface area (Å²) in [6.07, 6.45) is 5.86. The first-order valence-corrected chi connectivity index (χ1v) is 12.1. The van der Waals surface area contributed by atoms with Crippen LogP contribution in [0.3, 0.4) is 0 Å². The third-order valence-corrected chi connectivity index (χ3v) is 6.30. The summed E-state index contributed by atoms with van der Waals surface area (Å²) in [4.78, 5) is 14.8. The molecule has 4 rings (SSSR count). The second kappa shape index (κ2) is 11.7. The average Bonchev–Trinajstić information content (AvgIpc) is 2.81. The highest BCUT2D eigenvalue weighted by molar-refractivity contribution is 7.79. The van der Waals surface area contributed by atoms with Crippen LogP contribution < -0.4 is 15.5 Å². The van der Waals surface area contributed by atoms with Gasteiger partial charge < -0.3 is 15.5 Å². The molecule has 0 bridgehead atoms. The molecule has 0 saturated carbocycles. The number of rotatable bonds is 5. The molecule has 31 heavy (non-hydrogen) atoms. The Morgan fingerprint density at radius 2 is 2.00 bits per heavy atom. The molecule has 2 heterocycles. The van der Waals surface area contributed by atoms with Gasteiger partial charge in [0.15, 0.2) is 0 Å². The first kappa shape index (κ1) is 23.9. The minimum atomic E-state index is -0.276. The maximum atomic E-state index is 13.6. The predicted octanol–water partition coefficient (Wildman–Crippen LogP) is 4.71. The van der Waals surface area contributed by atoms with Crippen LogP contribution in [-0.4, -0.2) is 38.3 Å². The predicted molar refractivity (Wildman–Crippen MR) is 130 cm³/mol. The number of piperidine rings is 1. The number of hydrogen-bond acceptors (Lipinski definition) is 4. The van der Waals surface area contributed by atoms with Crippen LogP contribution in [0.25, 0.3) is 0 Å². The van der Waals surface area contributed by atoms with Crippen LogP contribution in [-0.2, 0) is 13.0 Å². The summed E-state index contributed by atoms with van der Waals surface area (Å²) >= 11 is 9.79. The van der Waals surface area contributed by atoms with Gasteiger partial charge in [0, 0.05) is 35.9 Å². The van der Waals surface area contributed by atoms with Gasteiger partial charge in [-0.1, -0.05) is 11.6 Å². The lowest BCUT2D eigenvalue weighted by Crippen LogP contribution is -2.36. The first-order valence-electron chi connectivity index (χ1n) is 10.9. The number of benzene rings is 2. The number of nitrogens with zero attached hydrogens (tertiary/aromatic N) is 1. The summed E-state index contributed by atoms with van der Waals surface area (Å²) in [5, 5.41) is 7.03. The van der Waals surface area contributed by atoms with E-state index in [4.69, 9.17) is 11.6 Å². The number of anilines is 1. The van der Waals surface area contributed by atoms with E-state index in [0.717, 1.165) is 63.1 Å². The van der Waals surface area contributed by atoms with Crippen LogP contribution in [0.1, 0.15) is 40.7 Å². The highest BCUT2D eigenvalue weighted by Crippen LogP contribution is 2.31. The van der Waals surface area contributed by atoms with Crippen molar-refractivity contribution in [3.63, 3.8) is 0 Å². The van der Waals surface area contributed by atoms with Crippen LogP contribution in [0, 0.1) is 11.7 Å². The molecule has 2 aromatic rings. The molecule has 2 N–H and O–H groups in total. The van der Waals surface area contributed by atoms with Crippen LogP contribution in [0.2, 0.25) is 5.02 Å². The van der Waals surface area contributed by atoms with Gasteiger partial charge in [0.05, 0.1) is 0 Å². The van der Waals surface area contributed by atoms with Crippen molar-refractivity contribution in [3.8, 4) is 0 Å². The van der Waals surface area contributed by atoms with Gasteiger partial charge in [0.25, 0.3) is 5.91 Å². The number of carbonyl (C=O) groups excluding carboxylic acids is 1. The maximum Gasteiger partial charge on any atom is 0.251 e. The van der Waals surface area contributed by atoms with E-state index in [9.17, 15) is 9.18 Å². The summed E-state index contributed by atoms with van der Waals surface area (Å²) in [7, 11) is 0. The Morgan fingerprint density at radius 3 is 2.77 bits per heavy atom. The van der Waals surface area contributed by atoms with Crippen LogP contribution in [0.15, 0.2) is 36.4 Å². The average molecular weight is 464 g/mol. The number of halogens is 2. The molecule has 0 aromatic heterocycles. The Bertz CT molecular complexity index is 889. The van der Waals surface area contributed by atoms with Gasteiger partial charge in [-0.25, -0.2) is 4.39 Å². The summed E-state index contributed by atoms with van der Waals surface area (Å²) < 4.78 is 13.6. The number of nitrogens with one attached hydrogen (secondary N) is 2. The molecule has 0 aliphatic carbocycles. The zero-order valence-electron chi connectivity index (χ0n) is 18.0. The Kier molecular flexibility index (Phi) is 9.05. The molecule has 1 amide bonds. The summed E-state index contributed by atoms with van der Waals surface area (Å²) in [6, 6.07) is 10.4. The highest BCUT2D eigenvalue weighted by atomic mass is 35.5. The Balaban J connectivity index is 0.00000132. The second-order valence-electron chi connectivity index (χ2n) is 8.01. The summed E-state index contributed by atoms with van der Waals surface area (Å²) in [5.41, 5.74) is 3.76.